The van der Waals surface area contributed by atoms with Gasteiger partial charge in [-0.25, -0.2) is 0 Å². The third kappa shape index (κ3) is 10.2. The summed E-state index contributed by atoms with van der Waals surface area (Å²) in [7, 11) is 0. The van der Waals surface area contributed by atoms with Gasteiger partial charge in [0.05, 0.1) is 11.0 Å². The van der Waals surface area contributed by atoms with Crippen molar-refractivity contribution in [2.24, 2.45) is 0 Å². The lowest BCUT2D eigenvalue weighted by Gasteiger charge is -2.09. The summed E-state index contributed by atoms with van der Waals surface area (Å²) in [5.41, 5.74) is 11.9. The maximum absolute atomic E-state index is 6.30. The molecule has 0 saturated carbocycles. The molecule has 0 radical (unpaired) electrons. The Bertz CT molecular complexity index is 2220. The largest absolute Gasteiger partial charge is 0.309 e. The summed E-state index contributed by atoms with van der Waals surface area (Å²) in [6.07, 6.45) is 14.0. The van der Waals surface area contributed by atoms with E-state index in [4.69, 9.17) is 23.2 Å². The number of unbranched alkanes of at least 4 members (excludes halogenated alkanes) is 6. The van der Waals surface area contributed by atoms with Gasteiger partial charge in [0, 0.05) is 31.0 Å². The molecule has 1 nitrogen and oxygen atoms in total. The lowest BCUT2D eigenvalue weighted by Crippen LogP contribution is -1.94. The first-order valence-corrected chi connectivity index (χ1v) is 20.9. The smallest absolute Gasteiger partial charge is 0.0555 e. The Balaban J connectivity index is 0.000000150. The second-order valence-corrected chi connectivity index (χ2v) is 15.9. The van der Waals surface area contributed by atoms with Crippen LogP contribution in [0, 0.1) is 0 Å². The van der Waals surface area contributed by atoms with Crippen molar-refractivity contribution in [1.82, 2.24) is 4.57 Å². The molecule has 7 aromatic rings. The third-order valence-corrected chi connectivity index (χ3v) is 11.1. The molecule has 1 heterocycles. The van der Waals surface area contributed by atoms with Crippen molar-refractivity contribution >= 4 is 60.9 Å². The van der Waals surface area contributed by atoms with Crippen LogP contribution in [0.2, 0.25) is 10.0 Å². The van der Waals surface area contributed by atoms with Gasteiger partial charge < -0.3 is 4.57 Å². The van der Waals surface area contributed by atoms with Gasteiger partial charge in [0.25, 0.3) is 0 Å². The van der Waals surface area contributed by atoms with E-state index in [2.05, 4.69) is 156 Å². The summed E-state index contributed by atoms with van der Waals surface area (Å²) < 4.78 is 3.49. The molecule has 6 aromatic carbocycles. The highest BCUT2D eigenvalue weighted by atomic mass is 79.9. The van der Waals surface area contributed by atoms with Gasteiger partial charge >= 0.3 is 0 Å². The Labute approximate surface area is 335 Å². The van der Waals surface area contributed by atoms with Crippen LogP contribution in [0.1, 0.15) is 87.5 Å². The van der Waals surface area contributed by atoms with E-state index in [0.717, 1.165) is 22.0 Å². The number of fused-ring (bicyclic) bond motifs is 6. The normalized spacial score (nSPS) is 11.4. The van der Waals surface area contributed by atoms with Gasteiger partial charge in [-0.2, -0.15) is 0 Å². The predicted octanol–water partition coefficient (Wildman–Crippen LogP) is 16.0. The van der Waals surface area contributed by atoms with Gasteiger partial charge in [-0.15, -0.1) is 0 Å². The van der Waals surface area contributed by atoms with Crippen molar-refractivity contribution in [3.63, 3.8) is 0 Å². The van der Waals surface area contributed by atoms with Gasteiger partial charge in [-0.1, -0.05) is 170 Å². The van der Waals surface area contributed by atoms with Crippen molar-refractivity contribution in [2.45, 2.75) is 84.5 Å². The molecule has 0 saturated heterocycles. The Hall–Kier alpha value is -3.82. The Morgan fingerprint density at radius 1 is 0.509 bits per heavy atom. The first-order valence-electron chi connectivity index (χ1n) is 19.3. The van der Waals surface area contributed by atoms with Crippen molar-refractivity contribution in [2.75, 3.05) is 0 Å². The zero-order chi connectivity index (χ0) is 37.0. The summed E-state index contributed by atoms with van der Waals surface area (Å²) >= 11 is 15.7. The zero-order valence-electron chi connectivity index (χ0n) is 31.1. The van der Waals surface area contributed by atoms with E-state index >= 15 is 0 Å². The fraction of sp³-hybridized carbons (Fsp3) is 0.265. The molecule has 1 aromatic heterocycles. The molecular formula is C49H50BrCl2N. The van der Waals surface area contributed by atoms with Gasteiger partial charge in [0.15, 0.2) is 0 Å². The Kier molecular flexibility index (Phi) is 14.3. The number of halogens is 3. The number of benzene rings is 6. The van der Waals surface area contributed by atoms with Crippen LogP contribution in [0.15, 0.2) is 138 Å². The second-order valence-electron chi connectivity index (χ2n) is 14.1. The van der Waals surface area contributed by atoms with E-state index in [0.29, 0.717) is 0 Å². The summed E-state index contributed by atoms with van der Waals surface area (Å²) in [6, 6.07) is 47.1. The topological polar surface area (TPSA) is 4.93 Å². The van der Waals surface area contributed by atoms with Crippen LogP contribution in [0.4, 0.5) is 0 Å². The molecule has 0 spiro atoms. The molecular weight excluding hydrogens is 753 g/mol. The average molecular weight is 804 g/mol. The van der Waals surface area contributed by atoms with Crippen molar-refractivity contribution in [3.8, 4) is 16.8 Å². The lowest BCUT2D eigenvalue weighted by molar-refractivity contribution is 0.667. The van der Waals surface area contributed by atoms with E-state index in [9.17, 15) is 0 Å². The standard InChI is InChI=1S/C24H24ClN.C13H9Cl.C12H17Br/c1-2-3-4-5-8-18-11-14-20(15-12-18)26-23-10-7-6-9-21(23)22-16-13-19(25)17-24(22)26;14-11-5-6-13-10(8-11)7-9-3-1-2-4-12(9)13;1-2-3-4-5-6-11-7-9-12(13)10-8-11/h6-7,9-17H,2-5,8H2,1H3;1-6,8H,7H2;7-10H,2-6H2,1H3. The maximum atomic E-state index is 6.30. The fourth-order valence-corrected chi connectivity index (χ4v) is 7.94. The highest BCUT2D eigenvalue weighted by Gasteiger charge is 2.17. The molecule has 1 aliphatic rings. The van der Waals surface area contributed by atoms with E-state index in [1.807, 2.05) is 12.1 Å². The summed E-state index contributed by atoms with van der Waals surface area (Å²) in [4.78, 5) is 0. The highest BCUT2D eigenvalue weighted by molar-refractivity contribution is 9.10. The molecule has 0 unspecified atom stereocenters. The molecule has 53 heavy (non-hydrogen) atoms. The quantitative estimate of drug-likeness (QED) is 0.115. The highest BCUT2D eigenvalue weighted by Crippen LogP contribution is 2.37. The van der Waals surface area contributed by atoms with Crippen LogP contribution >= 0.6 is 39.1 Å². The van der Waals surface area contributed by atoms with Crippen LogP contribution in [-0.2, 0) is 19.3 Å². The second kappa shape index (κ2) is 19.5. The number of aromatic nitrogens is 1. The molecule has 0 aliphatic heterocycles. The Morgan fingerprint density at radius 2 is 1.08 bits per heavy atom. The third-order valence-electron chi connectivity index (χ3n) is 10.1. The number of aryl methyl sites for hydroxylation is 2. The molecule has 272 valence electrons. The summed E-state index contributed by atoms with van der Waals surface area (Å²) in [6.45, 7) is 4.51. The van der Waals surface area contributed by atoms with Crippen LogP contribution in [0.5, 0.6) is 0 Å². The van der Waals surface area contributed by atoms with Crippen LogP contribution in [0.3, 0.4) is 0 Å². The number of rotatable bonds is 11. The van der Waals surface area contributed by atoms with E-state index < -0.39 is 0 Å². The Morgan fingerprint density at radius 3 is 1.77 bits per heavy atom. The average Bonchev–Trinajstić information content (AvgIpc) is 3.71. The maximum Gasteiger partial charge on any atom is 0.0555 e. The van der Waals surface area contributed by atoms with Gasteiger partial charge in [-0.3, -0.25) is 0 Å². The molecule has 0 bridgehead atoms. The number of nitrogens with zero attached hydrogens (tertiary/aromatic N) is 1. The van der Waals surface area contributed by atoms with Gasteiger partial charge in [0.2, 0.25) is 0 Å². The van der Waals surface area contributed by atoms with Gasteiger partial charge in [-0.05, 0) is 120 Å². The lowest BCUT2D eigenvalue weighted by atomic mass is 10.1. The van der Waals surface area contributed by atoms with Gasteiger partial charge in [0.1, 0.15) is 0 Å². The van der Waals surface area contributed by atoms with E-state index in [1.165, 1.54) is 124 Å². The fourth-order valence-electron chi connectivity index (χ4n) is 7.31. The zero-order valence-corrected chi connectivity index (χ0v) is 34.2. The molecule has 0 amide bonds. The SMILES string of the molecule is CCCCCCc1ccc(-n2c3ccccc3c3ccc(Cl)cc32)cc1.CCCCCCc1ccc(Br)cc1.Clc1ccc2c(c1)Cc1ccccc1-2. The predicted molar refractivity (Wildman–Crippen MR) is 235 cm³/mol. The summed E-state index contributed by atoms with van der Waals surface area (Å²) in [5, 5.41) is 4.11. The first kappa shape index (κ1) is 38.9. The van der Waals surface area contributed by atoms with Crippen molar-refractivity contribution in [3.05, 3.63) is 170 Å². The molecule has 0 fully saturated rings. The van der Waals surface area contributed by atoms with Crippen molar-refractivity contribution in [1.29, 1.82) is 0 Å². The minimum atomic E-state index is 0.772. The number of hydrogen-bond donors (Lipinski definition) is 0. The van der Waals surface area contributed by atoms with E-state index in [-0.39, 0.29) is 0 Å². The molecule has 0 N–H and O–H groups in total. The number of hydrogen-bond acceptors (Lipinski definition) is 0. The minimum absolute atomic E-state index is 0.772. The molecule has 0 atom stereocenters. The van der Waals surface area contributed by atoms with E-state index in [1.54, 1.807) is 0 Å². The monoisotopic (exact) mass is 801 g/mol. The van der Waals surface area contributed by atoms with Crippen LogP contribution < -0.4 is 0 Å². The van der Waals surface area contributed by atoms with Crippen LogP contribution in [-0.4, -0.2) is 4.57 Å². The van der Waals surface area contributed by atoms with Crippen molar-refractivity contribution < 1.29 is 0 Å². The first-order chi connectivity index (χ1) is 25.9. The number of para-hydroxylation sites is 1. The molecule has 8 rings (SSSR count). The molecule has 1 aliphatic carbocycles. The summed E-state index contributed by atoms with van der Waals surface area (Å²) in [5.74, 6) is 0. The molecule has 4 heteroatoms. The van der Waals surface area contributed by atoms with Crippen LogP contribution in [0.25, 0.3) is 38.6 Å². The minimum Gasteiger partial charge on any atom is -0.309 e.